The number of ether oxygens (including phenoxy) is 1. The summed E-state index contributed by atoms with van der Waals surface area (Å²) in [6.45, 7) is 2.70. The lowest BCUT2D eigenvalue weighted by Crippen LogP contribution is -2.43. The van der Waals surface area contributed by atoms with Crippen molar-refractivity contribution < 1.29 is 9.53 Å². The molecule has 2 heterocycles. The van der Waals surface area contributed by atoms with E-state index in [1.54, 1.807) is 10.9 Å². The third-order valence-corrected chi connectivity index (χ3v) is 4.35. The average molecular weight is 328 g/mol. The number of urea groups is 1. The van der Waals surface area contributed by atoms with Crippen molar-refractivity contribution in [1.29, 1.82) is 0 Å². The highest BCUT2D eigenvalue weighted by Gasteiger charge is 2.29. The van der Waals surface area contributed by atoms with E-state index in [0.29, 0.717) is 0 Å². The highest BCUT2D eigenvalue weighted by Crippen LogP contribution is 2.27. The molecular weight excluding hydrogens is 304 g/mol. The zero-order valence-electron chi connectivity index (χ0n) is 14.1. The van der Waals surface area contributed by atoms with E-state index in [9.17, 15) is 4.79 Å². The largest absolute Gasteiger partial charge is 0.376 e. The predicted octanol–water partition coefficient (Wildman–Crippen LogP) is 2.70. The monoisotopic (exact) mass is 328 g/mol. The molecule has 2 N–H and O–H groups in total. The molecule has 128 valence electrons. The molecule has 2 aromatic rings. The van der Waals surface area contributed by atoms with Gasteiger partial charge in [-0.2, -0.15) is 5.10 Å². The maximum Gasteiger partial charge on any atom is 0.315 e. The number of carbonyl (C=O) groups excluding carboxylic acids is 1. The van der Waals surface area contributed by atoms with Crippen LogP contribution in [0.3, 0.4) is 0 Å². The first-order valence-electron chi connectivity index (χ1n) is 8.35. The molecule has 6 nitrogen and oxygen atoms in total. The molecule has 0 spiro atoms. The van der Waals surface area contributed by atoms with Gasteiger partial charge in [0, 0.05) is 25.4 Å². The van der Waals surface area contributed by atoms with Crippen LogP contribution < -0.4 is 10.6 Å². The highest BCUT2D eigenvalue weighted by molar-refractivity contribution is 5.75. The van der Waals surface area contributed by atoms with E-state index < -0.39 is 0 Å². The van der Waals surface area contributed by atoms with Gasteiger partial charge in [0.25, 0.3) is 0 Å². The second kappa shape index (κ2) is 7.49. The molecule has 0 saturated carbocycles. The Morgan fingerprint density at radius 3 is 2.71 bits per heavy atom. The van der Waals surface area contributed by atoms with E-state index in [1.807, 2.05) is 50.5 Å². The van der Waals surface area contributed by atoms with Crippen LogP contribution in [0.15, 0.2) is 42.7 Å². The Morgan fingerprint density at radius 2 is 2.08 bits per heavy atom. The molecule has 3 rings (SSSR count). The van der Waals surface area contributed by atoms with Crippen molar-refractivity contribution in [3.05, 3.63) is 53.9 Å². The Balaban J connectivity index is 1.66. The summed E-state index contributed by atoms with van der Waals surface area (Å²) in [6, 6.07) is 9.53. The number of carbonyl (C=O) groups is 1. The number of aryl methyl sites for hydroxylation is 1. The fraction of sp³-hybridized carbons (Fsp3) is 0.444. The van der Waals surface area contributed by atoms with Crippen molar-refractivity contribution in [3.8, 4) is 0 Å². The summed E-state index contributed by atoms with van der Waals surface area (Å²) in [5, 5.41) is 10.2. The molecule has 2 amide bonds. The maximum atomic E-state index is 12.5. The van der Waals surface area contributed by atoms with Crippen molar-refractivity contribution in [1.82, 2.24) is 20.4 Å². The van der Waals surface area contributed by atoms with Crippen LogP contribution in [0.5, 0.6) is 0 Å². The standard InChI is InChI=1S/C18H24N4O2/c1-13(15-11-19-22(2)12-15)20-18(23)21-17(16-9-6-10-24-16)14-7-4-3-5-8-14/h3-5,7-8,11-13,16-17H,6,9-10H2,1-2H3,(H2,20,21,23)/t13-,16+,17-/m0/s1. The molecule has 0 bridgehead atoms. The summed E-state index contributed by atoms with van der Waals surface area (Å²) in [7, 11) is 1.86. The lowest BCUT2D eigenvalue weighted by atomic mass is 9.99. The van der Waals surface area contributed by atoms with Crippen LogP contribution >= 0.6 is 0 Å². The van der Waals surface area contributed by atoms with Crippen LogP contribution in [-0.2, 0) is 11.8 Å². The van der Waals surface area contributed by atoms with Gasteiger partial charge in [-0.15, -0.1) is 0 Å². The van der Waals surface area contributed by atoms with E-state index in [1.165, 1.54) is 0 Å². The third kappa shape index (κ3) is 3.94. The van der Waals surface area contributed by atoms with Gasteiger partial charge in [-0.25, -0.2) is 4.79 Å². The maximum absolute atomic E-state index is 12.5. The van der Waals surface area contributed by atoms with Gasteiger partial charge in [0.2, 0.25) is 0 Å². The summed E-state index contributed by atoms with van der Waals surface area (Å²) in [5.41, 5.74) is 2.04. The Morgan fingerprint density at radius 1 is 1.29 bits per heavy atom. The third-order valence-electron chi connectivity index (χ3n) is 4.35. The molecule has 1 aliphatic heterocycles. The van der Waals surface area contributed by atoms with E-state index in [2.05, 4.69) is 15.7 Å². The first-order valence-corrected chi connectivity index (χ1v) is 8.35. The summed E-state index contributed by atoms with van der Waals surface area (Å²) in [4.78, 5) is 12.5. The average Bonchev–Trinajstić information content (AvgIpc) is 3.25. The first kappa shape index (κ1) is 16.5. The van der Waals surface area contributed by atoms with Gasteiger partial charge in [-0.3, -0.25) is 4.68 Å². The van der Waals surface area contributed by atoms with Crippen LogP contribution in [0.25, 0.3) is 0 Å². The van der Waals surface area contributed by atoms with Gasteiger partial charge in [-0.05, 0) is 25.3 Å². The first-order chi connectivity index (χ1) is 11.6. The van der Waals surface area contributed by atoms with E-state index in [4.69, 9.17) is 4.74 Å². The predicted molar refractivity (Wildman–Crippen MR) is 91.4 cm³/mol. The SMILES string of the molecule is C[C@H](NC(=O)N[C@@H](c1ccccc1)[C@H]1CCCO1)c1cnn(C)c1. The molecule has 3 atom stereocenters. The van der Waals surface area contributed by atoms with E-state index in [0.717, 1.165) is 30.6 Å². The lowest BCUT2D eigenvalue weighted by molar-refractivity contribution is 0.0806. The van der Waals surface area contributed by atoms with Gasteiger partial charge < -0.3 is 15.4 Å². The molecule has 0 unspecified atom stereocenters. The van der Waals surface area contributed by atoms with Gasteiger partial charge in [0.15, 0.2) is 0 Å². The smallest absolute Gasteiger partial charge is 0.315 e. The number of nitrogens with zero attached hydrogens (tertiary/aromatic N) is 2. The van der Waals surface area contributed by atoms with Crippen LogP contribution in [0.4, 0.5) is 4.79 Å². The second-order valence-electron chi connectivity index (χ2n) is 6.23. The minimum absolute atomic E-state index is 0.0202. The summed E-state index contributed by atoms with van der Waals surface area (Å²) < 4.78 is 7.53. The molecule has 1 aliphatic rings. The number of hydrogen-bond donors (Lipinski definition) is 2. The Labute approximate surface area is 142 Å². The fourth-order valence-electron chi connectivity index (χ4n) is 3.04. The zero-order valence-corrected chi connectivity index (χ0v) is 14.1. The van der Waals surface area contributed by atoms with Crippen molar-refractivity contribution >= 4 is 6.03 Å². The van der Waals surface area contributed by atoms with Crippen LogP contribution in [-0.4, -0.2) is 28.5 Å². The number of benzene rings is 1. The van der Waals surface area contributed by atoms with E-state index in [-0.39, 0.29) is 24.2 Å². The molecule has 1 aromatic carbocycles. The Kier molecular flexibility index (Phi) is 5.15. The molecule has 1 fully saturated rings. The van der Waals surface area contributed by atoms with Gasteiger partial charge in [0.1, 0.15) is 0 Å². The fourth-order valence-corrected chi connectivity index (χ4v) is 3.04. The minimum Gasteiger partial charge on any atom is -0.376 e. The van der Waals surface area contributed by atoms with Crippen LogP contribution in [0, 0.1) is 0 Å². The molecular formula is C18H24N4O2. The quantitative estimate of drug-likeness (QED) is 0.887. The number of hydrogen-bond acceptors (Lipinski definition) is 3. The molecule has 24 heavy (non-hydrogen) atoms. The normalized spacial score (nSPS) is 19.7. The lowest BCUT2D eigenvalue weighted by Gasteiger charge is -2.25. The Hall–Kier alpha value is -2.34. The van der Waals surface area contributed by atoms with Crippen molar-refractivity contribution in [2.45, 2.75) is 38.0 Å². The van der Waals surface area contributed by atoms with Crippen molar-refractivity contribution in [2.24, 2.45) is 7.05 Å². The van der Waals surface area contributed by atoms with E-state index >= 15 is 0 Å². The second-order valence-corrected chi connectivity index (χ2v) is 6.23. The number of amides is 2. The van der Waals surface area contributed by atoms with Gasteiger partial charge in [0.05, 0.1) is 24.4 Å². The zero-order chi connectivity index (χ0) is 16.9. The minimum atomic E-state index is -0.198. The topological polar surface area (TPSA) is 68.2 Å². The molecule has 0 radical (unpaired) electrons. The number of aromatic nitrogens is 2. The molecule has 6 heteroatoms. The van der Waals surface area contributed by atoms with Crippen molar-refractivity contribution in [3.63, 3.8) is 0 Å². The van der Waals surface area contributed by atoms with Gasteiger partial charge in [-0.1, -0.05) is 30.3 Å². The molecule has 1 saturated heterocycles. The van der Waals surface area contributed by atoms with Gasteiger partial charge >= 0.3 is 6.03 Å². The highest BCUT2D eigenvalue weighted by atomic mass is 16.5. The Bertz CT molecular complexity index is 665. The molecule has 1 aromatic heterocycles. The van der Waals surface area contributed by atoms with Crippen LogP contribution in [0.1, 0.15) is 43.0 Å². The summed E-state index contributed by atoms with van der Waals surface area (Å²) in [5.74, 6) is 0. The summed E-state index contributed by atoms with van der Waals surface area (Å²) in [6.07, 6.45) is 5.67. The summed E-state index contributed by atoms with van der Waals surface area (Å²) >= 11 is 0. The number of rotatable bonds is 5. The number of nitrogens with one attached hydrogen (secondary N) is 2. The molecule has 0 aliphatic carbocycles. The van der Waals surface area contributed by atoms with Crippen molar-refractivity contribution in [2.75, 3.05) is 6.61 Å². The van der Waals surface area contributed by atoms with Crippen LogP contribution in [0.2, 0.25) is 0 Å².